The average molecular weight is 446 g/mol. The molecule has 3 rings (SSSR count). The molecule has 3 N–H and O–H groups in total. The number of benzene rings is 1. The van der Waals surface area contributed by atoms with E-state index in [9.17, 15) is 9.59 Å². The molecule has 0 spiro atoms. The van der Waals surface area contributed by atoms with Crippen molar-refractivity contribution in [3.05, 3.63) is 53.8 Å². The Balaban J connectivity index is 1.97. The minimum atomic E-state index is -0.523. The highest BCUT2D eigenvalue weighted by Crippen LogP contribution is 2.41. The van der Waals surface area contributed by atoms with Crippen LogP contribution in [0.5, 0.6) is 5.75 Å². The lowest BCUT2D eigenvalue weighted by molar-refractivity contribution is -0.139. The first-order valence-corrected chi connectivity index (χ1v) is 11.6. The minimum absolute atomic E-state index is 0.0976. The number of methoxy groups -OCH3 is 1. The predicted octanol–water partition coefficient (Wildman–Crippen LogP) is 2.86. The van der Waals surface area contributed by atoms with Crippen LogP contribution >= 0.6 is 11.8 Å². The zero-order valence-electron chi connectivity index (χ0n) is 18.3. The van der Waals surface area contributed by atoms with Crippen molar-refractivity contribution >= 4 is 23.6 Å². The molecule has 4 unspecified atom stereocenters. The molecule has 1 aromatic rings. The number of esters is 1. The van der Waals surface area contributed by atoms with E-state index in [0.717, 1.165) is 24.2 Å². The molecule has 7 nitrogen and oxygen atoms in total. The Morgan fingerprint density at radius 3 is 2.84 bits per heavy atom. The first kappa shape index (κ1) is 23.2. The van der Waals surface area contributed by atoms with Crippen LogP contribution in [0.1, 0.15) is 38.2 Å². The average Bonchev–Trinajstić information content (AvgIpc) is 2.76. The molecule has 0 radical (unpaired) electrons. The van der Waals surface area contributed by atoms with Crippen LogP contribution in [0.2, 0.25) is 0 Å². The molecule has 0 aromatic heterocycles. The third-order valence-corrected chi connectivity index (χ3v) is 6.61. The largest absolute Gasteiger partial charge is 0.497 e. The fraction of sp³-hybridized carbons (Fsp3) is 0.478. The van der Waals surface area contributed by atoms with Crippen LogP contribution < -0.4 is 20.7 Å². The number of ether oxygens (including phenoxy) is 2. The van der Waals surface area contributed by atoms with E-state index in [0.29, 0.717) is 17.0 Å². The summed E-state index contributed by atoms with van der Waals surface area (Å²) in [5.41, 5.74) is 1.80. The lowest BCUT2D eigenvalue weighted by Gasteiger charge is -2.45. The van der Waals surface area contributed by atoms with E-state index < -0.39 is 17.8 Å². The van der Waals surface area contributed by atoms with Gasteiger partial charge in [-0.2, -0.15) is 0 Å². The minimum Gasteiger partial charge on any atom is -0.497 e. The van der Waals surface area contributed by atoms with Gasteiger partial charge in [0.25, 0.3) is 0 Å². The normalized spacial score (nSPS) is 25.2. The Morgan fingerprint density at radius 2 is 2.13 bits per heavy atom. The highest BCUT2D eigenvalue weighted by Gasteiger charge is 2.48. The monoisotopic (exact) mass is 445 g/mol. The maximum absolute atomic E-state index is 13.3. The first-order chi connectivity index (χ1) is 15.0. The van der Waals surface area contributed by atoms with Gasteiger partial charge < -0.3 is 20.1 Å². The molecule has 31 heavy (non-hydrogen) atoms. The number of allylic oxidation sites excluding steroid dienone is 1. The second-order valence-corrected chi connectivity index (χ2v) is 8.82. The lowest BCUT2D eigenvalue weighted by atomic mass is 9.74. The zero-order chi connectivity index (χ0) is 22.4. The van der Waals surface area contributed by atoms with Crippen molar-refractivity contribution in [3.63, 3.8) is 0 Å². The standard InChI is InChI=1S/C23H31N3O4S/c1-5-7-12-31-23-25-20-19(21(27)26-23)18(15-9-8-10-16(13-15)29-4)17(14(3)24-20)22(28)30-11-6-2/h6,8-10,13,18-20,23-25H,2,5,7,11-12H2,1,3-4H3,(H,26,27). The van der Waals surface area contributed by atoms with Gasteiger partial charge >= 0.3 is 5.97 Å². The van der Waals surface area contributed by atoms with Gasteiger partial charge in [-0.3, -0.25) is 10.1 Å². The molecule has 0 bridgehead atoms. The highest BCUT2D eigenvalue weighted by molar-refractivity contribution is 7.99. The summed E-state index contributed by atoms with van der Waals surface area (Å²) in [7, 11) is 1.59. The van der Waals surface area contributed by atoms with Crippen LogP contribution in [0.4, 0.5) is 0 Å². The number of unbranched alkanes of at least 4 members (excludes halogenated alkanes) is 1. The molecule has 0 aliphatic carbocycles. The number of hydrogen-bond acceptors (Lipinski definition) is 7. The van der Waals surface area contributed by atoms with Crippen LogP contribution in [-0.2, 0) is 14.3 Å². The van der Waals surface area contributed by atoms with Crippen molar-refractivity contribution in [1.29, 1.82) is 0 Å². The number of hydrogen-bond donors (Lipinski definition) is 3. The van der Waals surface area contributed by atoms with E-state index in [4.69, 9.17) is 9.47 Å². The zero-order valence-corrected chi connectivity index (χ0v) is 19.1. The first-order valence-electron chi connectivity index (χ1n) is 10.6. The van der Waals surface area contributed by atoms with Crippen molar-refractivity contribution in [1.82, 2.24) is 16.0 Å². The summed E-state index contributed by atoms with van der Waals surface area (Å²) in [4.78, 5) is 26.2. The van der Waals surface area contributed by atoms with Crippen molar-refractivity contribution in [2.45, 2.75) is 44.3 Å². The topological polar surface area (TPSA) is 88.7 Å². The maximum atomic E-state index is 13.3. The molecule has 8 heteroatoms. The predicted molar refractivity (Wildman–Crippen MR) is 122 cm³/mol. The Labute approximate surface area is 188 Å². The molecule has 0 saturated carbocycles. The molecule has 4 atom stereocenters. The van der Waals surface area contributed by atoms with E-state index in [1.54, 1.807) is 18.9 Å². The second kappa shape index (κ2) is 10.7. The van der Waals surface area contributed by atoms with Crippen LogP contribution in [0.15, 0.2) is 48.2 Å². The summed E-state index contributed by atoms with van der Waals surface area (Å²) >= 11 is 1.68. The van der Waals surface area contributed by atoms with Crippen LogP contribution in [-0.4, -0.2) is 43.0 Å². The number of fused-ring (bicyclic) bond motifs is 1. The second-order valence-electron chi connectivity index (χ2n) is 7.61. The number of thioether (sulfide) groups is 1. The van der Waals surface area contributed by atoms with Gasteiger partial charge in [0.1, 0.15) is 17.9 Å². The summed E-state index contributed by atoms with van der Waals surface area (Å²) < 4.78 is 10.8. The Kier molecular flexibility index (Phi) is 8.03. The molecule has 168 valence electrons. The number of carbonyl (C=O) groups excluding carboxylic acids is 2. The van der Waals surface area contributed by atoms with Gasteiger partial charge in [-0.15, -0.1) is 11.8 Å². The third-order valence-electron chi connectivity index (χ3n) is 5.50. The van der Waals surface area contributed by atoms with Gasteiger partial charge in [0.05, 0.1) is 24.8 Å². The van der Waals surface area contributed by atoms with Crippen LogP contribution in [0.3, 0.4) is 0 Å². The van der Waals surface area contributed by atoms with Crippen molar-refractivity contribution in [2.24, 2.45) is 5.92 Å². The van der Waals surface area contributed by atoms with E-state index >= 15 is 0 Å². The molecule has 1 saturated heterocycles. The summed E-state index contributed by atoms with van der Waals surface area (Å²) in [5, 5.41) is 9.90. The van der Waals surface area contributed by atoms with E-state index in [1.807, 2.05) is 31.2 Å². The third kappa shape index (κ3) is 5.25. The summed E-state index contributed by atoms with van der Waals surface area (Å²) in [6, 6.07) is 7.49. The van der Waals surface area contributed by atoms with Crippen molar-refractivity contribution in [3.8, 4) is 5.75 Å². The molecular weight excluding hydrogens is 414 g/mol. The molecule has 2 aliphatic heterocycles. The van der Waals surface area contributed by atoms with Gasteiger partial charge in [-0.25, -0.2) is 4.79 Å². The van der Waals surface area contributed by atoms with E-state index in [-0.39, 0.29) is 24.2 Å². The SMILES string of the molecule is C=CCOC(=O)C1=C(C)NC2NC(SCCCC)NC(=O)C2C1c1cccc(OC)c1. The Hall–Kier alpha value is -2.45. The van der Waals surface area contributed by atoms with Crippen molar-refractivity contribution < 1.29 is 19.1 Å². The molecule has 1 aromatic carbocycles. The highest BCUT2D eigenvalue weighted by atomic mass is 32.2. The lowest BCUT2D eigenvalue weighted by Crippen LogP contribution is -2.67. The Bertz CT molecular complexity index is 857. The van der Waals surface area contributed by atoms with Crippen molar-refractivity contribution in [2.75, 3.05) is 19.5 Å². The van der Waals surface area contributed by atoms with E-state index in [1.165, 1.54) is 6.08 Å². The van der Waals surface area contributed by atoms with Crippen LogP contribution in [0.25, 0.3) is 0 Å². The number of rotatable bonds is 9. The maximum Gasteiger partial charge on any atom is 0.336 e. The van der Waals surface area contributed by atoms with E-state index in [2.05, 4.69) is 29.5 Å². The summed E-state index contributed by atoms with van der Waals surface area (Å²) in [6.07, 6.45) is 3.42. The quantitative estimate of drug-likeness (QED) is 0.306. The summed E-state index contributed by atoms with van der Waals surface area (Å²) in [6.45, 7) is 7.71. The molecule has 1 fully saturated rings. The smallest absolute Gasteiger partial charge is 0.336 e. The van der Waals surface area contributed by atoms with Gasteiger partial charge in [0.15, 0.2) is 0 Å². The Morgan fingerprint density at radius 1 is 1.32 bits per heavy atom. The number of carbonyl (C=O) groups is 2. The van der Waals surface area contributed by atoms with Crippen LogP contribution in [0, 0.1) is 5.92 Å². The number of amides is 1. The molecular formula is C23H31N3O4S. The van der Waals surface area contributed by atoms with Gasteiger partial charge in [-0.1, -0.05) is 38.1 Å². The van der Waals surface area contributed by atoms with Gasteiger partial charge in [0, 0.05) is 11.6 Å². The van der Waals surface area contributed by atoms with Gasteiger partial charge in [0.2, 0.25) is 5.91 Å². The fourth-order valence-corrected chi connectivity index (χ4v) is 5.15. The fourth-order valence-electron chi connectivity index (χ4n) is 4.02. The number of nitrogens with one attached hydrogen (secondary N) is 3. The molecule has 1 amide bonds. The van der Waals surface area contributed by atoms with Gasteiger partial charge in [-0.05, 0) is 36.8 Å². The summed E-state index contributed by atoms with van der Waals surface area (Å²) in [5.74, 6) is 0.0705. The molecule has 2 aliphatic rings. The molecule has 2 heterocycles.